The van der Waals surface area contributed by atoms with E-state index < -0.39 is 12.0 Å². The number of nitrogens with zero attached hydrogens (tertiary/aromatic N) is 2. The lowest BCUT2D eigenvalue weighted by molar-refractivity contribution is -0.137. The zero-order valence-electron chi connectivity index (χ0n) is 10.1. The molecule has 20 heavy (non-hydrogen) atoms. The maximum Gasteiger partial charge on any atom is 0.329 e. The molecular weight excluding hydrogens is 298 g/mol. The van der Waals surface area contributed by atoms with E-state index >= 15 is 0 Å². The van der Waals surface area contributed by atoms with Crippen molar-refractivity contribution in [2.75, 3.05) is 11.1 Å². The molecule has 0 spiro atoms. The van der Waals surface area contributed by atoms with E-state index in [0.29, 0.717) is 22.9 Å². The lowest BCUT2D eigenvalue weighted by atomic mass is 10.3. The first-order chi connectivity index (χ1) is 9.67. The number of aromatic nitrogens is 1. The number of carboxylic acid groups (broad SMARTS) is 1. The van der Waals surface area contributed by atoms with Gasteiger partial charge in [-0.2, -0.15) is 0 Å². The molecule has 0 radical (unpaired) electrons. The first kappa shape index (κ1) is 13.1. The van der Waals surface area contributed by atoms with E-state index in [0.717, 1.165) is 15.2 Å². The molecule has 1 aromatic carbocycles. The Bertz CT molecular complexity index is 726. The Hall–Kier alpha value is -1.93. The summed E-state index contributed by atoms with van der Waals surface area (Å²) in [4.78, 5) is 29.9. The number of amides is 1. The fraction of sp³-hybridized carbons (Fsp3) is 0.167. The van der Waals surface area contributed by atoms with Gasteiger partial charge >= 0.3 is 5.97 Å². The zero-order valence-corrected chi connectivity index (χ0v) is 11.7. The summed E-state index contributed by atoms with van der Waals surface area (Å²) in [5, 5.41) is 12.9. The second kappa shape index (κ2) is 5.22. The largest absolute Gasteiger partial charge is 0.480 e. The quantitative estimate of drug-likeness (QED) is 0.841. The van der Waals surface area contributed by atoms with Crippen molar-refractivity contribution in [1.29, 1.82) is 0 Å². The number of carboxylic acids is 1. The minimum Gasteiger partial charge on any atom is -0.480 e. The van der Waals surface area contributed by atoms with Crippen LogP contribution in [0.15, 0.2) is 23.2 Å². The van der Waals surface area contributed by atoms with Crippen molar-refractivity contribution in [3.05, 3.63) is 23.2 Å². The van der Waals surface area contributed by atoms with E-state index in [1.165, 1.54) is 23.1 Å². The number of benzene rings is 1. The number of thiazole rings is 1. The number of carbonyl (C=O) groups is 2. The van der Waals surface area contributed by atoms with Crippen molar-refractivity contribution < 1.29 is 14.7 Å². The molecule has 0 aliphatic carbocycles. The summed E-state index contributed by atoms with van der Waals surface area (Å²) in [6, 6.07) is 4.73. The molecule has 3 rings (SSSR count). The fourth-order valence-electron chi connectivity index (χ4n) is 1.79. The Morgan fingerprint density at radius 2 is 2.35 bits per heavy atom. The van der Waals surface area contributed by atoms with Gasteiger partial charge in [-0.3, -0.25) is 9.79 Å². The van der Waals surface area contributed by atoms with E-state index in [1.807, 2.05) is 12.1 Å². The van der Waals surface area contributed by atoms with Crippen molar-refractivity contribution in [3.8, 4) is 0 Å². The molecule has 0 bridgehead atoms. The van der Waals surface area contributed by atoms with Crippen LogP contribution in [0, 0.1) is 0 Å². The summed E-state index contributed by atoms with van der Waals surface area (Å²) in [6.45, 7) is 0. The second-order valence-corrected chi connectivity index (χ2v) is 6.10. The number of hydrogen-bond acceptors (Lipinski definition) is 6. The van der Waals surface area contributed by atoms with Gasteiger partial charge in [0.15, 0.2) is 6.04 Å². The molecule has 102 valence electrons. The standard InChI is InChI=1S/C12H9N3O3S2/c16-5-13-6-1-2-7-9(3-6)20-11(14-7)10-15-8(4-19-10)12(17)18/h1-3,5,8H,4H2,(H,13,16)(H,17,18). The maximum absolute atomic E-state index is 10.9. The van der Waals surface area contributed by atoms with Crippen LogP contribution in [-0.2, 0) is 9.59 Å². The molecule has 1 unspecified atom stereocenters. The second-order valence-electron chi connectivity index (χ2n) is 4.06. The minimum atomic E-state index is -0.911. The van der Waals surface area contributed by atoms with Crippen molar-refractivity contribution in [2.45, 2.75) is 6.04 Å². The van der Waals surface area contributed by atoms with Crippen molar-refractivity contribution in [1.82, 2.24) is 4.98 Å². The molecule has 6 nitrogen and oxygen atoms in total. The van der Waals surface area contributed by atoms with Crippen LogP contribution in [0.4, 0.5) is 5.69 Å². The highest BCUT2D eigenvalue weighted by atomic mass is 32.2. The molecule has 1 aliphatic rings. The van der Waals surface area contributed by atoms with Gasteiger partial charge in [0, 0.05) is 11.4 Å². The molecule has 8 heteroatoms. The predicted molar refractivity (Wildman–Crippen MR) is 79.7 cm³/mol. The summed E-state index contributed by atoms with van der Waals surface area (Å²) >= 11 is 2.84. The van der Waals surface area contributed by atoms with Gasteiger partial charge < -0.3 is 10.4 Å². The summed E-state index contributed by atoms with van der Waals surface area (Å²) in [7, 11) is 0. The van der Waals surface area contributed by atoms with Crippen molar-refractivity contribution in [3.63, 3.8) is 0 Å². The number of thioether (sulfide) groups is 1. The zero-order chi connectivity index (χ0) is 14.1. The molecule has 1 atom stereocenters. The Kier molecular flexibility index (Phi) is 3.41. The third-order valence-electron chi connectivity index (χ3n) is 2.73. The molecule has 1 aromatic heterocycles. The number of rotatable bonds is 4. The number of anilines is 1. The van der Waals surface area contributed by atoms with E-state index in [1.54, 1.807) is 6.07 Å². The molecule has 0 saturated heterocycles. The number of aliphatic carboxylic acids is 1. The molecule has 1 amide bonds. The van der Waals surface area contributed by atoms with Gasteiger partial charge in [0.25, 0.3) is 0 Å². The monoisotopic (exact) mass is 307 g/mol. The highest BCUT2D eigenvalue weighted by molar-refractivity contribution is 8.15. The fourth-order valence-corrected chi connectivity index (χ4v) is 3.89. The van der Waals surface area contributed by atoms with Crippen LogP contribution < -0.4 is 5.32 Å². The van der Waals surface area contributed by atoms with Crippen LogP contribution >= 0.6 is 23.1 Å². The summed E-state index contributed by atoms with van der Waals surface area (Å²) in [5.74, 6) is -0.468. The number of fused-ring (bicyclic) bond motifs is 1. The molecule has 2 N–H and O–H groups in total. The number of nitrogens with one attached hydrogen (secondary N) is 1. The smallest absolute Gasteiger partial charge is 0.329 e. The van der Waals surface area contributed by atoms with Crippen LogP contribution in [0.25, 0.3) is 10.2 Å². The van der Waals surface area contributed by atoms with Gasteiger partial charge in [0.1, 0.15) is 10.1 Å². The molecule has 1 aliphatic heterocycles. The van der Waals surface area contributed by atoms with Crippen LogP contribution in [-0.4, -0.2) is 39.3 Å². The molecule has 2 aromatic rings. The highest BCUT2D eigenvalue weighted by Gasteiger charge is 2.26. The Morgan fingerprint density at radius 1 is 1.50 bits per heavy atom. The number of carbonyl (C=O) groups excluding carboxylic acids is 1. The minimum absolute atomic E-state index is 0.443. The SMILES string of the molecule is O=CNc1ccc2nc(C3=NC(C(=O)O)CS3)sc2c1. The molecule has 0 fully saturated rings. The number of aliphatic imine (C=N–C) groups is 1. The van der Waals surface area contributed by atoms with Gasteiger partial charge in [-0.05, 0) is 18.2 Å². The van der Waals surface area contributed by atoms with Crippen LogP contribution in [0.5, 0.6) is 0 Å². The first-order valence-corrected chi connectivity index (χ1v) is 7.52. The highest BCUT2D eigenvalue weighted by Crippen LogP contribution is 2.31. The van der Waals surface area contributed by atoms with Crippen LogP contribution in [0.1, 0.15) is 5.01 Å². The van der Waals surface area contributed by atoms with E-state index in [9.17, 15) is 9.59 Å². The van der Waals surface area contributed by atoms with Crippen LogP contribution in [0.2, 0.25) is 0 Å². The Balaban J connectivity index is 1.95. The van der Waals surface area contributed by atoms with Gasteiger partial charge in [0.05, 0.1) is 10.2 Å². The maximum atomic E-state index is 10.9. The van der Waals surface area contributed by atoms with E-state index in [4.69, 9.17) is 5.11 Å². The molecule has 2 heterocycles. The van der Waals surface area contributed by atoms with Crippen molar-refractivity contribution in [2.24, 2.45) is 4.99 Å². The lowest BCUT2D eigenvalue weighted by Gasteiger charge is -1.95. The summed E-state index contributed by atoms with van der Waals surface area (Å²) in [6.07, 6.45) is 0.622. The third kappa shape index (κ3) is 2.39. The van der Waals surface area contributed by atoms with Crippen molar-refractivity contribution >= 4 is 56.4 Å². The normalized spacial score (nSPS) is 18.0. The third-order valence-corrected chi connectivity index (χ3v) is 4.94. The van der Waals surface area contributed by atoms with E-state index in [-0.39, 0.29) is 0 Å². The number of hydrogen-bond donors (Lipinski definition) is 2. The van der Waals surface area contributed by atoms with Gasteiger partial charge in [0.2, 0.25) is 6.41 Å². The topological polar surface area (TPSA) is 91.7 Å². The van der Waals surface area contributed by atoms with Gasteiger partial charge in [-0.15, -0.1) is 23.1 Å². The molecular formula is C12H9N3O3S2. The average molecular weight is 307 g/mol. The van der Waals surface area contributed by atoms with Crippen LogP contribution in [0.3, 0.4) is 0 Å². The first-order valence-electron chi connectivity index (χ1n) is 5.72. The average Bonchev–Trinajstić information content (AvgIpc) is 3.05. The Morgan fingerprint density at radius 3 is 3.05 bits per heavy atom. The summed E-state index contributed by atoms with van der Waals surface area (Å²) < 4.78 is 0.925. The Labute approximate surface area is 121 Å². The predicted octanol–water partition coefficient (Wildman–Crippen LogP) is 1.81. The van der Waals surface area contributed by atoms with Gasteiger partial charge in [-0.1, -0.05) is 0 Å². The molecule has 0 saturated carbocycles. The summed E-state index contributed by atoms with van der Waals surface area (Å²) in [5.41, 5.74) is 1.51. The lowest BCUT2D eigenvalue weighted by Crippen LogP contribution is -2.17. The van der Waals surface area contributed by atoms with Gasteiger partial charge in [-0.25, -0.2) is 9.78 Å². The van der Waals surface area contributed by atoms with E-state index in [2.05, 4.69) is 15.3 Å².